The number of amides is 1. The van der Waals surface area contributed by atoms with Gasteiger partial charge in [0, 0.05) is 26.2 Å². The van der Waals surface area contributed by atoms with Crippen molar-refractivity contribution in [1.29, 1.82) is 0 Å². The molecular formula is C20H20ClN3O3S2. The predicted octanol–water partition coefficient (Wildman–Crippen LogP) is 4.18. The number of nitrogens with zero attached hydrogens (tertiary/aromatic N) is 3. The number of para-hydroxylation sites is 1. The molecule has 0 bridgehead atoms. The second kappa shape index (κ2) is 7.68. The number of halogens is 1. The van der Waals surface area contributed by atoms with Gasteiger partial charge < -0.3 is 4.90 Å². The number of carbonyl (C=O) groups is 1. The van der Waals surface area contributed by atoms with E-state index in [9.17, 15) is 13.2 Å². The highest BCUT2D eigenvalue weighted by molar-refractivity contribution is 7.89. The molecule has 2 heterocycles. The van der Waals surface area contributed by atoms with Gasteiger partial charge in [-0.05, 0) is 43.2 Å². The lowest BCUT2D eigenvalue weighted by Crippen LogP contribution is -2.31. The summed E-state index contributed by atoms with van der Waals surface area (Å²) in [7, 11) is -0.881. The fourth-order valence-electron chi connectivity index (χ4n) is 3.50. The Hall–Kier alpha value is -2.00. The molecule has 1 aromatic heterocycles. The Morgan fingerprint density at radius 2 is 2.00 bits per heavy atom. The number of hydrogen-bond acceptors (Lipinski definition) is 5. The van der Waals surface area contributed by atoms with Crippen molar-refractivity contribution < 1.29 is 13.2 Å². The SMILES string of the molecule is CN(C)S(=O)(=O)c1cc(C(=O)N2CCCC2c2nc3ccccc3s2)ccc1Cl. The van der Waals surface area contributed by atoms with Gasteiger partial charge in [0.2, 0.25) is 10.0 Å². The Kier molecular flexibility index (Phi) is 5.37. The fourth-order valence-corrected chi connectivity index (χ4v) is 6.00. The van der Waals surface area contributed by atoms with E-state index in [0.29, 0.717) is 12.1 Å². The Labute approximate surface area is 178 Å². The monoisotopic (exact) mass is 449 g/mol. The summed E-state index contributed by atoms with van der Waals surface area (Å²) in [6, 6.07) is 12.2. The molecule has 152 valence electrons. The molecule has 3 aromatic rings. The van der Waals surface area contributed by atoms with Gasteiger partial charge in [0.1, 0.15) is 9.90 Å². The van der Waals surface area contributed by atoms with Crippen LogP contribution >= 0.6 is 22.9 Å². The minimum absolute atomic E-state index is 0.0641. The molecule has 0 spiro atoms. The number of aromatic nitrogens is 1. The second-order valence-electron chi connectivity index (χ2n) is 7.11. The van der Waals surface area contributed by atoms with E-state index in [-0.39, 0.29) is 21.9 Å². The first-order chi connectivity index (χ1) is 13.8. The molecule has 1 saturated heterocycles. The topological polar surface area (TPSA) is 70.6 Å². The van der Waals surface area contributed by atoms with E-state index in [1.807, 2.05) is 24.3 Å². The fraction of sp³-hybridized carbons (Fsp3) is 0.300. The standard InChI is InChI=1S/C20H20ClN3O3S2/c1-23(2)29(26,27)18-12-13(9-10-14(18)21)20(25)24-11-5-7-16(24)19-22-15-6-3-4-8-17(15)28-19/h3-4,6,8-10,12,16H,5,7,11H2,1-2H3. The van der Waals surface area contributed by atoms with E-state index >= 15 is 0 Å². The lowest BCUT2D eigenvalue weighted by molar-refractivity contribution is 0.0735. The van der Waals surface area contributed by atoms with Gasteiger partial charge in [-0.25, -0.2) is 17.7 Å². The van der Waals surface area contributed by atoms with E-state index in [1.54, 1.807) is 22.3 Å². The van der Waals surface area contributed by atoms with E-state index in [1.165, 1.54) is 26.2 Å². The molecule has 2 aromatic carbocycles. The van der Waals surface area contributed by atoms with Crippen molar-refractivity contribution in [3.8, 4) is 0 Å². The lowest BCUT2D eigenvalue weighted by Gasteiger charge is -2.23. The summed E-state index contributed by atoms with van der Waals surface area (Å²) >= 11 is 7.72. The molecular weight excluding hydrogens is 430 g/mol. The summed E-state index contributed by atoms with van der Waals surface area (Å²) in [4.78, 5) is 19.7. The zero-order chi connectivity index (χ0) is 20.8. The highest BCUT2D eigenvalue weighted by Gasteiger charge is 2.33. The van der Waals surface area contributed by atoms with Gasteiger partial charge in [0.15, 0.2) is 0 Å². The molecule has 1 fully saturated rings. The minimum Gasteiger partial charge on any atom is -0.329 e. The number of likely N-dealkylation sites (tertiary alicyclic amines) is 1. The van der Waals surface area contributed by atoms with E-state index in [0.717, 1.165) is 32.4 Å². The van der Waals surface area contributed by atoms with Crippen LogP contribution in [0.2, 0.25) is 5.02 Å². The molecule has 0 aliphatic carbocycles. The third-order valence-corrected chi connectivity index (χ3v) is 8.48. The molecule has 4 rings (SSSR count). The van der Waals surface area contributed by atoms with Crippen molar-refractivity contribution in [1.82, 2.24) is 14.2 Å². The van der Waals surface area contributed by atoms with Crippen LogP contribution in [0.25, 0.3) is 10.2 Å². The molecule has 1 aliphatic rings. The quantitative estimate of drug-likeness (QED) is 0.599. The summed E-state index contributed by atoms with van der Waals surface area (Å²) in [5, 5.41) is 1.01. The van der Waals surface area contributed by atoms with E-state index in [4.69, 9.17) is 16.6 Å². The maximum absolute atomic E-state index is 13.3. The zero-order valence-electron chi connectivity index (χ0n) is 16.0. The average molecular weight is 450 g/mol. The first kappa shape index (κ1) is 20.3. The Balaban J connectivity index is 1.68. The molecule has 1 unspecified atom stereocenters. The van der Waals surface area contributed by atoms with Gasteiger partial charge in [-0.3, -0.25) is 4.79 Å². The maximum atomic E-state index is 13.3. The van der Waals surface area contributed by atoms with Crippen molar-refractivity contribution in [2.24, 2.45) is 0 Å². The van der Waals surface area contributed by atoms with Gasteiger partial charge in [-0.1, -0.05) is 23.7 Å². The minimum atomic E-state index is -3.75. The van der Waals surface area contributed by atoms with E-state index in [2.05, 4.69) is 0 Å². The Bertz CT molecular complexity index is 1160. The lowest BCUT2D eigenvalue weighted by atomic mass is 10.1. The molecule has 1 aliphatic heterocycles. The number of benzene rings is 2. The van der Waals surface area contributed by atoms with Crippen LogP contribution < -0.4 is 0 Å². The molecule has 0 radical (unpaired) electrons. The Morgan fingerprint density at radius 1 is 1.24 bits per heavy atom. The van der Waals surface area contributed by atoms with Crippen molar-refractivity contribution in [3.05, 3.63) is 58.1 Å². The maximum Gasteiger partial charge on any atom is 0.254 e. The van der Waals surface area contributed by atoms with Gasteiger partial charge >= 0.3 is 0 Å². The van der Waals surface area contributed by atoms with Gasteiger partial charge in [0.25, 0.3) is 5.91 Å². The molecule has 1 atom stereocenters. The van der Waals surface area contributed by atoms with E-state index < -0.39 is 10.0 Å². The summed E-state index contributed by atoms with van der Waals surface area (Å²) in [5.74, 6) is -0.210. The number of thiazole rings is 1. The predicted molar refractivity (Wildman–Crippen MR) is 115 cm³/mol. The largest absolute Gasteiger partial charge is 0.329 e. The van der Waals surface area contributed by atoms with Crippen LogP contribution in [0.4, 0.5) is 0 Å². The summed E-state index contributed by atoms with van der Waals surface area (Å²) in [6.07, 6.45) is 1.71. The first-order valence-corrected chi connectivity index (χ1v) is 11.8. The van der Waals surface area contributed by atoms with Crippen LogP contribution in [0, 0.1) is 0 Å². The summed E-state index contributed by atoms with van der Waals surface area (Å²) < 4.78 is 27.3. The molecule has 6 nitrogen and oxygen atoms in total. The Morgan fingerprint density at radius 3 is 2.72 bits per heavy atom. The van der Waals surface area contributed by atoms with Crippen LogP contribution in [0.5, 0.6) is 0 Å². The van der Waals surface area contributed by atoms with Gasteiger partial charge in [0.05, 0.1) is 21.3 Å². The highest BCUT2D eigenvalue weighted by Crippen LogP contribution is 2.37. The number of carbonyl (C=O) groups excluding carboxylic acids is 1. The molecule has 0 saturated carbocycles. The van der Waals surface area contributed by atoms with Gasteiger partial charge in [-0.2, -0.15) is 0 Å². The van der Waals surface area contributed by atoms with Crippen molar-refractivity contribution in [3.63, 3.8) is 0 Å². The smallest absolute Gasteiger partial charge is 0.254 e. The molecule has 29 heavy (non-hydrogen) atoms. The number of sulfonamides is 1. The first-order valence-electron chi connectivity index (χ1n) is 9.17. The average Bonchev–Trinajstić information content (AvgIpc) is 3.34. The molecule has 0 N–H and O–H groups in total. The van der Waals surface area contributed by atoms with Crippen LogP contribution in [0.1, 0.15) is 34.2 Å². The third kappa shape index (κ3) is 3.66. The van der Waals surface area contributed by atoms with Crippen molar-refractivity contribution in [2.75, 3.05) is 20.6 Å². The number of rotatable bonds is 4. The zero-order valence-corrected chi connectivity index (χ0v) is 18.4. The van der Waals surface area contributed by atoms with Gasteiger partial charge in [-0.15, -0.1) is 11.3 Å². The van der Waals surface area contributed by atoms with Crippen LogP contribution in [0.15, 0.2) is 47.4 Å². The van der Waals surface area contributed by atoms with Crippen molar-refractivity contribution >= 4 is 49.1 Å². The summed E-state index contributed by atoms with van der Waals surface area (Å²) in [6.45, 7) is 0.609. The number of hydrogen-bond donors (Lipinski definition) is 0. The number of fused-ring (bicyclic) bond motifs is 1. The van der Waals surface area contributed by atoms with Crippen LogP contribution in [-0.2, 0) is 10.0 Å². The highest BCUT2D eigenvalue weighted by atomic mass is 35.5. The summed E-state index contributed by atoms with van der Waals surface area (Å²) in [5.41, 5.74) is 1.24. The third-order valence-electron chi connectivity index (χ3n) is 5.05. The van der Waals surface area contributed by atoms with Crippen LogP contribution in [-0.4, -0.2) is 49.2 Å². The van der Waals surface area contributed by atoms with Crippen molar-refractivity contribution in [2.45, 2.75) is 23.8 Å². The molecule has 9 heteroatoms. The normalized spacial score (nSPS) is 17.4. The second-order valence-corrected chi connectivity index (χ2v) is 10.7. The molecule has 1 amide bonds. The van der Waals surface area contributed by atoms with Crippen LogP contribution in [0.3, 0.4) is 0 Å².